The van der Waals surface area contributed by atoms with Gasteiger partial charge in [0.1, 0.15) is 0 Å². The molecule has 2 heterocycles. The molecule has 116 valence electrons. The normalized spacial score (nSPS) is 27.9. The largest absolute Gasteiger partial charge is 0.316 e. The average Bonchev–Trinajstić information content (AvgIpc) is 2.48. The van der Waals surface area contributed by atoms with Gasteiger partial charge in [-0.15, -0.1) is 0 Å². The topological polar surface area (TPSA) is 49.4 Å². The molecule has 2 aliphatic rings. The highest BCUT2D eigenvalue weighted by Gasteiger charge is 2.40. The van der Waals surface area contributed by atoms with Gasteiger partial charge in [-0.2, -0.15) is 4.31 Å². The van der Waals surface area contributed by atoms with Gasteiger partial charge >= 0.3 is 0 Å². The third kappa shape index (κ3) is 3.11. The van der Waals surface area contributed by atoms with Crippen molar-refractivity contribution in [2.24, 2.45) is 5.41 Å². The van der Waals surface area contributed by atoms with Crippen molar-refractivity contribution < 1.29 is 8.42 Å². The molecule has 2 fully saturated rings. The summed E-state index contributed by atoms with van der Waals surface area (Å²) in [5.74, 6) is 0. The lowest BCUT2D eigenvalue weighted by Crippen LogP contribution is -2.52. The Kier molecular flexibility index (Phi) is 4.28. The van der Waals surface area contributed by atoms with Gasteiger partial charge in [0.2, 0.25) is 10.0 Å². The molecule has 4 nitrogen and oxygen atoms in total. The highest BCUT2D eigenvalue weighted by Crippen LogP contribution is 2.37. The van der Waals surface area contributed by atoms with E-state index in [1.807, 2.05) is 0 Å². The summed E-state index contributed by atoms with van der Waals surface area (Å²) in [7, 11) is -3.44. The van der Waals surface area contributed by atoms with Crippen LogP contribution in [0, 0.1) is 5.41 Å². The molecule has 1 spiro atoms. The second kappa shape index (κ2) is 5.88. The van der Waals surface area contributed by atoms with Crippen LogP contribution in [-0.4, -0.2) is 38.9 Å². The Hall–Kier alpha value is -0.620. The Morgan fingerprint density at radius 3 is 2.76 bits per heavy atom. The van der Waals surface area contributed by atoms with Gasteiger partial charge in [-0.3, -0.25) is 0 Å². The summed E-state index contributed by atoms with van der Waals surface area (Å²) in [4.78, 5) is 0.302. The fourth-order valence-corrected chi connectivity index (χ4v) is 5.42. The van der Waals surface area contributed by atoms with Crippen molar-refractivity contribution in [2.75, 3.05) is 26.2 Å². The Labute approximate surface area is 131 Å². The first-order chi connectivity index (χ1) is 10.0. The van der Waals surface area contributed by atoms with Crippen molar-refractivity contribution in [2.45, 2.75) is 30.6 Å². The molecule has 1 aromatic rings. The summed E-state index contributed by atoms with van der Waals surface area (Å²) in [5.41, 5.74) is 0.113. The zero-order chi connectivity index (χ0) is 14.9. The minimum atomic E-state index is -3.44. The zero-order valence-corrected chi connectivity index (χ0v) is 13.6. The van der Waals surface area contributed by atoms with Crippen LogP contribution in [0.1, 0.15) is 25.7 Å². The van der Waals surface area contributed by atoms with E-state index in [0.717, 1.165) is 38.8 Å². The number of nitrogens with one attached hydrogen (secondary N) is 1. The van der Waals surface area contributed by atoms with Crippen LogP contribution in [0.3, 0.4) is 0 Å². The highest BCUT2D eigenvalue weighted by molar-refractivity contribution is 7.89. The van der Waals surface area contributed by atoms with Crippen LogP contribution in [0.15, 0.2) is 29.2 Å². The summed E-state index contributed by atoms with van der Waals surface area (Å²) in [6.07, 6.45) is 4.29. The van der Waals surface area contributed by atoms with Gasteiger partial charge in [0.05, 0.1) is 4.90 Å². The molecule has 1 atom stereocenters. The van der Waals surface area contributed by atoms with Crippen LogP contribution in [-0.2, 0) is 10.0 Å². The first-order valence-corrected chi connectivity index (χ1v) is 9.30. The number of hydrogen-bond acceptors (Lipinski definition) is 3. The van der Waals surface area contributed by atoms with Gasteiger partial charge in [0.15, 0.2) is 0 Å². The summed E-state index contributed by atoms with van der Waals surface area (Å²) >= 11 is 5.94. The number of sulfonamides is 1. The van der Waals surface area contributed by atoms with Crippen molar-refractivity contribution in [3.63, 3.8) is 0 Å². The zero-order valence-electron chi connectivity index (χ0n) is 12.0. The maximum atomic E-state index is 12.8. The molecule has 21 heavy (non-hydrogen) atoms. The van der Waals surface area contributed by atoms with Gasteiger partial charge in [0, 0.05) is 24.7 Å². The number of nitrogens with zero attached hydrogens (tertiary/aromatic N) is 1. The molecule has 1 N–H and O–H groups in total. The molecule has 0 saturated carbocycles. The van der Waals surface area contributed by atoms with Gasteiger partial charge in [-0.05, 0) is 55.8 Å². The van der Waals surface area contributed by atoms with Crippen molar-refractivity contribution in [1.82, 2.24) is 9.62 Å². The molecular formula is C15H21ClN2O2S. The first kappa shape index (κ1) is 15.3. The van der Waals surface area contributed by atoms with Crippen LogP contribution in [0.25, 0.3) is 0 Å². The second-order valence-corrected chi connectivity index (χ2v) is 8.55. The second-order valence-electron chi connectivity index (χ2n) is 6.18. The van der Waals surface area contributed by atoms with Gasteiger partial charge in [-0.25, -0.2) is 8.42 Å². The lowest BCUT2D eigenvalue weighted by atomic mass is 9.75. The van der Waals surface area contributed by atoms with Crippen molar-refractivity contribution in [3.05, 3.63) is 29.3 Å². The van der Waals surface area contributed by atoms with Crippen LogP contribution in [0.2, 0.25) is 5.02 Å². The molecule has 2 saturated heterocycles. The fourth-order valence-electron chi connectivity index (χ4n) is 3.52. The molecule has 0 radical (unpaired) electrons. The lowest BCUT2D eigenvalue weighted by Gasteiger charge is -2.44. The van der Waals surface area contributed by atoms with E-state index in [1.165, 1.54) is 6.07 Å². The van der Waals surface area contributed by atoms with E-state index in [9.17, 15) is 8.42 Å². The van der Waals surface area contributed by atoms with E-state index in [0.29, 0.717) is 23.0 Å². The molecule has 2 aliphatic heterocycles. The molecule has 0 amide bonds. The number of rotatable bonds is 2. The van der Waals surface area contributed by atoms with Crippen LogP contribution >= 0.6 is 11.6 Å². The Balaban J connectivity index is 1.85. The Morgan fingerprint density at radius 1 is 1.24 bits per heavy atom. The number of hydrogen-bond donors (Lipinski definition) is 1. The molecule has 1 unspecified atom stereocenters. The lowest BCUT2D eigenvalue weighted by molar-refractivity contribution is 0.110. The SMILES string of the molecule is O=S(=O)(c1cccc(Cl)c1)N1CCCC2(CCCNC2)C1. The van der Waals surface area contributed by atoms with Crippen molar-refractivity contribution in [1.29, 1.82) is 0 Å². The van der Waals surface area contributed by atoms with Crippen molar-refractivity contribution in [3.8, 4) is 0 Å². The molecule has 6 heteroatoms. The minimum Gasteiger partial charge on any atom is -0.316 e. The van der Waals surface area contributed by atoms with Crippen LogP contribution < -0.4 is 5.32 Å². The van der Waals surface area contributed by atoms with E-state index < -0.39 is 10.0 Å². The molecule has 3 rings (SSSR count). The first-order valence-electron chi connectivity index (χ1n) is 7.48. The Bertz CT molecular complexity index is 606. The maximum absolute atomic E-state index is 12.8. The third-order valence-electron chi connectivity index (χ3n) is 4.62. The van der Waals surface area contributed by atoms with Crippen LogP contribution in [0.5, 0.6) is 0 Å². The Morgan fingerprint density at radius 2 is 2.05 bits per heavy atom. The number of halogens is 1. The van der Waals surface area contributed by atoms with Gasteiger partial charge in [-0.1, -0.05) is 17.7 Å². The highest BCUT2D eigenvalue weighted by atomic mass is 35.5. The van der Waals surface area contributed by atoms with E-state index in [-0.39, 0.29) is 5.41 Å². The van der Waals surface area contributed by atoms with Crippen molar-refractivity contribution >= 4 is 21.6 Å². The summed E-state index contributed by atoms with van der Waals surface area (Å²) in [6.45, 7) is 3.20. The van der Waals surface area contributed by atoms with E-state index in [2.05, 4.69) is 5.32 Å². The molecule has 0 bridgehead atoms. The monoisotopic (exact) mass is 328 g/mol. The van der Waals surface area contributed by atoms with Gasteiger partial charge < -0.3 is 5.32 Å². The summed E-state index contributed by atoms with van der Waals surface area (Å²) in [6, 6.07) is 6.55. The minimum absolute atomic E-state index is 0.113. The van der Waals surface area contributed by atoms with Gasteiger partial charge in [0.25, 0.3) is 0 Å². The quantitative estimate of drug-likeness (QED) is 0.907. The smallest absolute Gasteiger partial charge is 0.243 e. The maximum Gasteiger partial charge on any atom is 0.243 e. The summed E-state index contributed by atoms with van der Waals surface area (Å²) in [5, 5.41) is 3.88. The third-order valence-corrected chi connectivity index (χ3v) is 6.70. The summed E-state index contributed by atoms with van der Waals surface area (Å²) < 4.78 is 27.3. The van der Waals surface area contributed by atoms with E-state index >= 15 is 0 Å². The van der Waals surface area contributed by atoms with Crippen LogP contribution in [0.4, 0.5) is 0 Å². The molecule has 0 aliphatic carbocycles. The van der Waals surface area contributed by atoms with E-state index in [1.54, 1.807) is 22.5 Å². The predicted molar refractivity (Wildman–Crippen MR) is 84.0 cm³/mol. The predicted octanol–water partition coefficient (Wildman–Crippen LogP) is 2.49. The number of benzene rings is 1. The van der Waals surface area contributed by atoms with E-state index in [4.69, 9.17) is 11.6 Å². The average molecular weight is 329 g/mol. The molecular weight excluding hydrogens is 308 g/mol. The molecule has 0 aromatic heterocycles. The standard InChI is InChI=1S/C15H21ClN2O2S/c16-13-4-1-5-14(10-13)21(19,20)18-9-3-7-15(12-18)6-2-8-17-11-15/h1,4-5,10,17H,2-3,6-9,11-12H2. The number of piperidine rings is 2. The molecule has 1 aromatic carbocycles. The fraction of sp³-hybridized carbons (Fsp3) is 0.600.